The van der Waals surface area contributed by atoms with Crippen molar-refractivity contribution in [1.82, 2.24) is 4.90 Å². The normalized spacial score (nSPS) is 22.9. The van der Waals surface area contributed by atoms with Gasteiger partial charge >= 0.3 is 6.18 Å². The summed E-state index contributed by atoms with van der Waals surface area (Å²) >= 11 is 0. The van der Waals surface area contributed by atoms with Crippen LogP contribution in [0.3, 0.4) is 0 Å². The number of nitrogens with two attached hydrogens (primary N) is 1. The molecule has 2 aliphatic heterocycles. The molecular formula is C17H18F3N3O3. The highest BCUT2D eigenvalue weighted by molar-refractivity contribution is 6.22. The van der Waals surface area contributed by atoms with Crippen LogP contribution in [-0.4, -0.2) is 41.8 Å². The van der Waals surface area contributed by atoms with Crippen LogP contribution < -0.4 is 10.6 Å². The number of carbonyl (C=O) groups is 3. The summed E-state index contributed by atoms with van der Waals surface area (Å²) in [5.41, 5.74) is 4.29. The van der Waals surface area contributed by atoms with Crippen molar-refractivity contribution in [3.8, 4) is 0 Å². The molecule has 0 aliphatic carbocycles. The van der Waals surface area contributed by atoms with Gasteiger partial charge in [-0.15, -0.1) is 0 Å². The first-order chi connectivity index (χ1) is 12.2. The maximum atomic E-state index is 12.9. The second-order valence-electron chi connectivity index (χ2n) is 6.55. The molecule has 3 rings (SSSR count). The van der Waals surface area contributed by atoms with Crippen LogP contribution in [0.2, 0.25) is 0 Å². The Labute approximate surface area is 147 Å². The van der Waals surface area contributed by atoms with Crippen LogP contribution in [0.5, 0.6) is 0 Å². The van der Waals surface area contributed by atoms with Crippen LogP contribution >= 0.6 is 0 Å². The first kappa shape index (κ1) is 18.4. The fraction of sp³-hybridized carbons (Fsp3) is 0.471. The molecule has 6 nitrogen and oxygen atoms in total. The highest BCUT2D eigenvalue weighted by Crippen LogP contribution is 2.34. The van der Waals surface area contributed by atoms with Crippen molar-refractivity contribution >= 4 is 23.4 Å². The van der Waals surface area contributed by atoms with Crippen molar-refractivity contribution in [3.05, 3.63) is 29.8 Å². The number of likely N-dealkylation sites (tertiary alicyclic amines) is 1. The Morgan fingerprint density at radius 2 is 1.81 bits per heavy atom. The van der Waals surface area contributed by atoms with Gasteiger partial charge in [0.25, 0.3) is 5.91 Å². The molecule has 0 radical (unpaired) electrons. The lowest BCUT2D eigenvalue weighted by atomic mass is 9.95. The number of anilines is 1. The summed E-state index contributed by atoms with van der Waals surface area (Å²) in [4.78, 5) is 38.8. The van der Waals surface area contributed by atoms with E-state index in [9.17, 15) is 27.6 Å². The smallest absolute Gasteiger partial charge is 0.369 e. The second-order valence-corrected chi connectivity index (χ2v) is 6.55. The third-order valence-electron chi connectivity index (χ3n) is 4.93. The number of amides is 3. The summed E-state index contributed by atoms with van der Waals surface area (Å²) in [6.07, 6.45) is -3.65. The first-order valence-electron chi connectivity index (χ1n) is 8.26. The Kier molecular flexibility index (Phi) is 4.74. The molecule has 2 heterocycles. The molecule has 0 unspecified atom stereocenters. The van der Waals surface area contributed by atoms with Crippen molar-refractivity contribution < 1.29 is 27.6 Å². The molecule has 2 saturated heterocycles. The molecule has 1 aromatic rings. The molecule has 1 aromatic carbocycles. The van der Waals surface area contributed by atoms with E-state index in [1.54, 1.807) is 4.90 Å². The quantitative estimate of drug-likeness (QED) is 0.819. The lowest BCUT2D eigenvalue weighted by Gasteiger charge is -2.33. The molecule has 3 amide bonds. The first-order valence-corrected chi connectivity index (χ1v) is 8.26. The van der Waals surface area contributed by atoms with E-state index in [4.69, 9.17) is 5.73 Å². The Morgan fingerprint density at radius 3 is 2.38 bits per heavy atom. The third kappa shape index (κ3) is 3.44. The van der Waals surface area contributed by atoms with Gasteiger partial charge in [0, 0.05) is 5.92 Å². The molecular weight excluding hydrogens is 351 g/mol. The summed E-state index contributed by atoms with van der Waals surface area (Å²) in [5, 5.41) is 0. The van der Waals surface area contributed by atoms with Crippen LogP contribution in [0.1, 0.15) is 24.8 Å². The Bertz CT molecular complexity index is 742. The van der Waals surface area contributed by atoms with Gasteiger partial charge in [0.2, 0.25) is 11.8 Å². The van der Waals surface area contributed by atoms with Gasteiger partial charge in [0.15, 0.2) is 0 Å². The number of hydrogen-bond acceptors (Lipinski definition) is 4. The highest BCUT2D eigenvalue weighted by atomic mass is 19.4. The number of halogens is 3. The number of rotatable bonds is 3. The molecule has 0 spiro atoms. The molecule has 140 valence electrons. The van der Waals surface area contributed by atoms with Gasteiger partial charge in [-0.05, 0) is 44.1 Å². The Hall–Kier alpha value is -2.42. The molecule has 9 heteroatoms. The molecule has 0 aromatic heterocycles. The number of carbonyl (C=O) groups excluding carboxylic acids is 3. The van der Waals surface area contributed by atoms with E-state index in [2.05, 4.69) is 0 Å². The average molecular weight is 369 g/mol. The highest BCUT2D eigenvalue weighted by Gasteiger charge is 2.44. The number of benzene rings is 1. The van der Waals surface area contributed by atoms with E-state index >= 15 is 0 Å². The SMILES string of the molecule is NC(=O)C1CCN([C@@H]2CC(=O)N(c3cccc(C(F)(F)F)c3)C2=O)CC1. The summed E-state index contributed by atoms with van der Waals surface area (Å²) < 4.78 is 38.7. The van der Waals surface area contributed by atoms with Crippen LogP contribution in [0.4, 0.5) is 18.9 Å². The summed E-state index contributed by atoms with van der Waals surface area (Å²) in [5.74, 6) is -1.70. The lowest BCUT2D eigenvalue weighted by Crippen LogP contribution is -2.47. The minimum Gasteiger partial charge on any atom is -0.369 e. The van der Waals surface area contributed by atoms with E-state index < -0.39 is 29.6 Å². The number of imide groups is 1. The predicted octanol–water partition coefficient (Wildman–Crippen LogP) is 1.53. The Balaban J connectivity index is 1.77. The van der Waals surface area contributed by atoms with Crippen molar-refractivity contribution in [2.45, 2.75) is 31.5 Å². The molecule has 26 heavy (non-hydrogen) atoms. The monoisotopic (exact) mass is 369 g/mol. The van der Waals surface area contributed by atoms with E-state index in [1.165, 1.54) is 12.1 Å². The summed E-state index contributed by atoms with van der Waals surface area (Å²) in [6, 6.07) is 3.46. The van der Waals surface area contributed by atoms with Gasteiger partial charge in [0.05, 0.1) is 23.7 Å². The van der Waals surface area contributed by atoms with Gasteiger partial charge < -0.3 is 5.73 Å². The molecule has 2 aliphatic rings. The lowest BCUT2D eigenvalue weighted by molar-refractivity contribution is -0.137. The molecule has 2 N–H and O–H groups in total. The van der Waals surface area contributed by atoms with Crippen LogP contribution in [-0.2, 0) is 20.6 Å². The number of alkyl halides is 3. The summed E-state index contributed by atoms with van der Waals surface area (Å²) in [7, 11) is 0. The van der Waals surface area contributed by atoms with E-state index in [-0.39, 0.29) is 23.9 Å². The van der Waals surface area contributed by atoms with Crippen LogP contribution in [0, 0.1) is 5.92 Å². The van der Waals surface area contributed by atoms with Crippen molar-refractivity contribution in [2.24, 2.45) is 11.7 Å². The van der Waals surface area contributed by atoms with Crippen molar-refractivity contribution in [2.75, 3.05) is 18.0 Å². The van der Waals surface area contributed by atoms with Crippen LogP contribution in [0.25, 0.3) is 0 Å². The molecule has 2 fully saturated rings. The van der Waals surface area contributed by atoms with Gasteiger partial charge in [0.1, 0.15) is 0 Å². The average Bonchev–Trinajstić information content (AvgIpc) is 2.89. The fourth-order valence-corrected chi connectivity index (χ4v) is 3.49. The topological polar surface area (TPSA) is 83.7 Å². The van der Waals surface area contributed by atoms with Gasteiger partial charge in [-0.2, -0.15) is 13.2 Å². The molecule has 0 bridgehead atoms. The number of piperidine rings is 1. The standard InChI is InChI=1S/C17H18F3N3O3/c18-17(19,20)11-2-1-3-12(8-11)23-14(24)9-13(16(23)26)22-6-4-10(5-7-22)15(21)25/h1-3,8,10,13H,4-7,9H2,(H2,21,25)/t13-/m1/s1. The maximum Gasteiger partial charge on any atom is 0.416 e. The Morgan fingerprint density at radius 1 is 1.15 bits per heavy atom. The van der Waals surface area contributed by atoms with Crippen molar-refractivity contribution in [1.29, 1.82) is 0 Å². The van der Waals surface area contributed by atoms with Gasteiger partial charge in [-0.25, -0.2) is 4.90 Å². The van der Waals surface area contributed by atoms with Crippen molar-refractivity contribution in [3.63, 3.8) is 0 Å². The van der Waals surface area contributed by atoms with E-state index in [1.807, 2.05) is 0 Å². The predicted molar refractivity (Wildman–Crippen MR) is 85.8 cm³/mol. The van der Waals surface area contributed by atoms with Gasteiger partial charge in [-0.1, -0.05) is 6.07 Å². The van der Waals surface area contributed by atoms with E-state index in [0.29, 0.717) is 25.9 Å². The zero-order valence-electron chi connectivity index (χ0n) is 13.8. The zero-order valence-corrected chi connectivity index (χ0v) is 13.8. The number of primary amides is 1. The minimum atomic E-state index is -4.56. The fourth-order valence-electron chi connectivity index (χ4n) is 3.49. The third-order valence-corrected chi connectivity index (χ3v) is 4.93. The van der Waals surface area contributed by atoms with Gasteiger partial charge in [-0.3, -0.25) is 19.3 Å². The van der Waals surface area contributed by atoms with E-state index in [0.717, 1.165) is 17.0 Å². The molecule has 1 atom stereocenters. The summed E-state index contributed by atoms with van der Waals surface area (Å²) in [6.45, 7) is 0.876. The number of hydrogen-bond donors (Lipinski definition) is 1. The molecule has 0 saturated carbocycles. The second kappa shape index (κ2) is 6.71. The maximum absolute atomic E-state index is 12.9. The minimum absolute atomic E-state index is 0.0793. The zero-order chi connectivity index (χ0) is 19.1. The largest absolute Gasteiger partial charge is 0.416 e. The van der Waals surface area contributed by atoms with Crippen LogP contribution in [0.15, 0.2) is 24.3 Å². The number of nitrogens with zero attached hydrogens (tertiary/aromatic N) is 2.